The van der Waals surface area contributed by atoms with Crippen LogP contribution < -0.4 is 5.32 Å². The summed E-state index contributed by atoms with van der Waals surface area (Å²) in [5.74, 6) is 1.24. The summed E-state index contributed by atoms with van der Waals surface area (Å²) in [4.78, 5) is 20.8. The van der Waals surface area contributed by atoms with Gasteiger partial charge in [-0.1, -0.05) is 22.8 Å². The van der Waals surface area contributed by atoms with Crippen LogP contribution >= 0.6 is 11.6 Å². The summed E-state index contributed by atoms with van der Waals surface area (Å²) in [6, 6.07) is 5.61. The Kier molecular flexibility index (Phi) is 5.67. The zero-order valence-corrected chi connectivity index (χ0v) is 15.2. The smallest absolute Gasteiger partial charge is 0.240 e. The lowest BCUT2D eigenvalue weighted by Gasteiger charge is -2.33. The van der Waals surface area contributed by atoms with Gasteiger partial charge in [0.1, 0.15) is 0 Å². The fourth-order valence-corrected chi connectivity index (χ4v) is 3.10. The minimum absolute atomic E-state index is 0.0493. The van der Waals surface area contributed by atoms with Gasteiger partial charge in [-0.05, 0) is 31.5 Å². The number of piperazine rings is 1. The second-order valence-corrected chi connectivity index (χ2v) is 6.73. The normalized spacial score (nSPS) is 16.1. The van der Waals surface area contributed by atoms with Crippen LogP contribution in [0.5, 0.6) is 0 Å². The minimum atomic E-state index is -0.0493. The molecule has 1 aliphatic heterocycles. The summed E-state index contributed by atoms with van der Waals surface area (Å²) in [5, 5.41) is 7.24. The van der Waals surface area contributed by atoms with E-state index in [4.69, 9.17) is 16.1 Å². The van der Waals surface area contributed by atoms with E-state index in [-0.39, 0.29) is 5.91 Å². The summed E-state index contributed by atoms with van der Waals surface area (Å²) >= 11 is 6.16. The number of rotatable bonds is 5. The number of amides is 1. The topological polar surface area (TPSA) is 74.5 Å². The average molecular weight is 364 g/mol. The molecule has 7 nitrogen and oxygen atoms in total. The molecule has 0 atom stereocenters. The van der Waals surface area contributed by atoms with Crippen molar-refractivity contribution < 1.29 is 9.32 Å². The molecule has 8 heteroatoms. The molecule has 2 aromatic rings. The monoisotopic (exact) mass is 363 g/mol. The van der Waals surface area contributed by atoms with Gasteiger partial charge in [0.2, 0.25) is 11.8 Å². The van der Waals surface area contributed by atoms with Gasteiger partial charge in [0.25, 0.3) is 0 Å². The number of hydrogen-bond donors (Lipinski definition) is 1. The lowest BCUT2D eigenvalue weighted by Crippen LogP contribution is -2.48. The number of aryl methyl sites for hydroxylation is 2. The fraction of sp³-hybridized carbons (Fsp3) is 0.471. The van der Waals surface area contributed by atoms with Gasteiger partial charge in [-0.25, -0.2) is 0 Å². The quantitative estimate of drug-likeness (QED) is 0.876. The molecule has 0 radical (unpaired) electrons. The molecule has 0 spiro atoms. The number of carbonyl (C=O) groups is 1. The molecular weight excluding hydrogens is 342 g/mol. The van der Waals surface area contributed by atoms with Crippen molar-refractivity contribution in [1.29, 1.82) is 0 Å². The molecule has 3 rings (SSSR count). The van der Waals surface area contributed by atoms with Crippen molar-refractivity contribution >= 4 is 23.2 Å². The third-order valence-electron chi connectivity index (χ3n) is 4.16. The predicted molar refractivity (Wildman–Crippen MR) is 95.6 cm³/mol. The van der Waals surface area contributed by atoms with E-state index >= 15 is 0 Å². The largest absolute Gasteiger partial charge is 0.338 e. The number of benzene rings is 1. The second-order valence-electron chi connectivity index (χ2n) is 6.32. The molecule has 1 N–H and O–H groups in total. The molecule has 0 saturated carbocycles. The second kappa shape index (κ2) is 7.95. The van der Waals surface area contributed by atoms with E-state index in [0.717, 1.165) is 31.7 Å². The van der Waals surface area contributed by atoms with Crippen molar-refractivity contribution in [2.45, 2.75) is 20.4 Å². The van der Waals surface area contributed by atoms with Crippen LogP contribution in [0.1, 0.15) is 17.3 Å². The molecule has 0 bridgehead atoms. The minimum Gasteiger partial charge on any atom is -0.338 e. The average Bonchev–Trinajstić information content (AvgIpc) is 2.97. The van der Waals surface area contributed by atoms with E-state index in [1.165, 1.54) is 0 Å². The summed E-state index contributed by atoms with van der Waals surface area (Å²) < 4.78 is 5.15. The predicted octanol–water partition coefficient (Wildman–Crippen LogP) is 2.10. The Morgan fingerprint density at radius 1 is 1.24 bits per heavy atom. The van der Waals surface area contributed by atoms with Crippen LogP contribution in [0.15, 0.2) is 22.7 Å². The Bertz CT molecular complexity index is 740. The van der Waals surface area contributed by atoms with Gasteiger partial charge in [0, 0.05) is 26.2 Å². The molecule has 1 aliphatic rings. The molecule has 1 amide bonds. The molecule has 1 saturated heterocycles. The number of aromatic nitrogens is 2. The summed E-state index contributed by atoms with van der Waals surface area (Å²) in [6.45, 7) is 8.15. The van der Waals surface area contributed by atoms with E-state index in [1.807, 2.05) is 32.0 Å². The van der Waals surface area contributed by atoms with Gasteiger partial charge in [-0.15, -0.1) is 0 Å². The Labute approximate surface area is 151 Å². The van der Waals surface area contributed by atoms with Crippen molar-refractivity contribution in [2.75, 3.05) is 38.0 Å². The van der Waals surface area contributed by atoms with Gasteiger partial charge in [0.05, 0.1) is 23.8 Å². The standard InChI is InChI=1S/C17H22ClN5O2/c1-12-3-4-15(14(18)9-12)20-16(24)10-22-5-7-23(8-6-22)11-17-19-13(2)21-25-17/h3-4,9H,5-8,10-11H2,1-2H3,(H,20,24). The number of nitrogens with zero attached hydrogens (tertiary/aromatic N) is 4. The van der Waals surface area contributed by atoms with E-state index in [1.54, 1.807) is 0 Å². The maximum absolute atomic E-state index is 12.2. The molecule has 1 fully saturated rings. The van der Waals surface area contributed by atoms with Gasteiger partial charge in [-0.3, -0.25) is 14.6 Å². The first-order chi connectivity index (χ1) is 12.0. The molecular formula is C17H22ClN5O2. The van der Waals surface area contributed by atoms with Gasteiger partial charge in [0.15, 0.2) is 5.82 Å². The molecule has 1 aromatic heterocycles. The Morgan fingerprint density at radius 3 is 2.60 bits per heavy atom. The van der Waals surface area contributed by atoms with Gasteiger partial charge < -0.3 is 9.84 Å². The maximum atomic E-state index is 12.2. The number of carbonyl (C=O) groups excluding carboxylic acids is 1. The Balaban J connectivity index is 1.44. The van der Waals surface area contributed by atoms with Crippen molar-refractivity contribution in [1.82, 2.24) is 19.9 Å². The molecule has 134 valence electrons. The number of hydrogen-bond acceptors (Lipinski definition) is 6. The Morgan fingerprint density at radius 2 is 1.96 bits per heavy atom. The van der Waals surface area contributed by atoms with Crippen LogP contribution in [0.2, 0.25) is 5.02 Å². The molecule has 1 aromatic carbocycles. The zero-order valence-electron chi connectivity index (χ0n) is 14.5. The van der Waals surface area contributed by atoms with Crippen molar-refractivity contribution in [3.8, 4) is 0 Å². The highest BCUT2D eigenvalue weighted by atomic mass is 35.5. The van der Waals surface area contributed by atoms with Crippen molar-refractivity contribution in [3.63, 3.8) is 0 Å². The number of nitrogens with one attached hydrogen (secondary N) is 1. The number of halogens is 1. The van der Waals surface area contributed by atoms with E-state index < -0.39 is 0 Å². The third kappa shape index (κ3) is 5.01. The summed E-state index contributed by atoms with van der Waals surface area (Å²) in [5.41, 5.74) is 1.72. The first kappa shape index (κ1) is 17.8. The fourth-order valence-electron chi connectivity index (χ4n) is 2.82. The van der Waals surface area contributed by atoms with E-state index in [2.05, 4.69) is 25.3 Å². The summed E-state index contributed by atoms with van der Waals surface area (Å²) in [7, 11) is 0. The van der Waals surface area contributed by atoms with Crippen LogP contribution in [0.25, 0.3) is 0 Å². The first-order valence-corrected chi connectivity index (χ1v) is 8.67. The van der Waals surface area contributed by atoms with E-state index in [0.29, 0.717) is 35.5 Å². The molecule has 25 heavy (non-hydrogen) atoms. The molecule has 0 aliphatic carbocycles. The first-order valence-electron chi connectivity index (χ1n) is 8.29. The highest BCUT2D eigenvalue weighted by Gasteiger charge is 2.20. The van der Waals surface area contributed by atoms with Gasteiger partial charge in [-0.2, -0.15) is 4.98 Å². The van der Waals surface area contributed by atoms with Crippen LogP contribution in [0.3, 0.4) is 0 Å². The number of anilines is 1. The van der Waals surface area contributed by atoms with Crippen LogP contribution in [-0.4, -0.2) is 58.6 Å². The van der Waals surface area contributed by atoms with Crippen LogP contribution in [0.4, 0.5) is 5.69 Å². The van der Waals surface area contributed by atoms with Crippen molar-refractivity contribution in [3.05, 3.63) is 40.5 Å². The van der Waals surface area contributed by atoms with Gasteiger partial charge >= 0.3 is 0 Å². The molecule has 2 heterocycles. The summed E-state index contributed by atoms with van der Waals surface area (Å²) in [6.07, 6.45) is 0. The Hall–Kier alpha value is -1.96. The molecule has 0 unspecified atom stereocenters. The van der Waals surface area contributed by atoms with Crippen molar-refractivity contribution in [2.24, 2.45) is 0 Å². The van der Waals surface area contributed by atoms with Crippen LogP contribution in [-0.2, 0) is 11.3 Å². The lowest BCUT2D eigenvalue weighted by molar-refractivity contribution is -0.117. The van der Waals surface area contributed by atoms with E-state index in [9.17, 15) is 4.79 Å². The van der Waals surface area contributed by atoms with Crippen LogP contribution in [0, 0.1) is 13.8 Å². The lowest BCUT2D eigenvalue weighted by atomic mass is 10.2. The maximum Gasteiger partial charge on any atom is 0.240 e. The highest BCUT2D eigenvalue weighted by Crippen LogP contribution is 2.22. The zero-order chi connectivity index (χ0) is 17.8. The third-order valence-corrected chi connectivity index (χ3v) is 4.47. The SMILES string of the molecule is Cc1ccc(NC(=O)CN2CCN(Cc3nc(C)no3)CC2)c(Cl)c1. The highest BCUT2D eigenvalue weighted by molar-refractivity contribution is 6.33.